The first-order valence-electron chi connectivity index (χ1n) is 10.6. The number of hydrogen-bond acceptors (Lipinski definition) is 4. The normalized spacial score (nSPS) is 11.9. The Morgan fingerprint density at radius 3 is 2.29 bits per heavy atom. The third-order valence-electron chi connectivity index (χ3n) is 5.73. The molecule has 0 bridgehead atoms. The Bertz CT molecular complexity index is 1660. The van der Waals surface area contributed by atoms with Crippen molar-refractivity contribution in [1.82, 2.24) is 4.31 Å². The van der Waals surface area contributed by atoms with E-state index in [9.17, 15) is 17.6 Å². The summed E-state index contributed by atoms with van der Waals surface area (Å²) < 4.78 is 47.7. The van der Waals surface area contributed by atoms with E-state index in [1.165, 1.54) is 34.8 Å². The summed E-state index contributed by atoms with van der Waals surface area (Å²) >= 11 is 0. The highest BCUT2D eigenvalue weighted by Crippen LogP contribution is 2.25. The molecule has 0 fully saturated rings. The molecular weight excluding hydrogens is 453 g/mol. The summed E-state index contributed by atoms with van der Waals surface area (Å²) in [5.74, 6) is -0.414. The Balaban J connectivity index is 1.59. The van der Waals surface area contributed by atoms with Crippen LogP contribution in [0.3, 0.4) is 0 Å². The van der Waals surface area contributed by atoms with Crippen LogP contribution in [0.5, 0.6) is 0 Å². The fourth-order valence-corrected chi connectivity index (χ4v) is 5.36. The van der Waals surface area contributed by atoms with Gasteiger partial charge >= 0.3 is 0 Å². The molecule has 0 aliphatic carbocycles. The minimum atomic E-state index is -4.01. The number of rotatable bonds is 6. The maximum atomic E-state index is 13.7. The SMILES string of the molecule is O=c1c(CN(Cc2ccc(F)cc2)S(=O)(=O)c2ccc3ccccc3c2)coc2ccccc12. The lowest BCUT2D eigenvalue weighted by Crippen LogP contribution is -2.32. The number of hydrogen-bond donors (Lipinski definition) is 0. The molecular formula is C27H20FNO4S. The molecule has 0 amide bonds. The first-order valence-corrected chi connectivity index (χ1v) is 12.1. The van der Waals surface area contributed by atoms with Crippen LogP contribution in [0, 0.1) is 5.82 Å². The van der Waals surface area contributed by atoms with Crippen LogP contribution in [0.2, 0.25) is 0 Å². The van der Waals surface area contributed by atoms with Gasteiger partial charge in [-0.05, 0) is 52.7 Å². The summed E-state index contributed by atoms with van der Waals surface area (Å²) in [5.41, 5.74) is 0.944. The van der Waals surface area contributed by atoms with Gasteiger partial charge in [-0.2, -0.15) is 4.31 Å². The molecule has 0 spiro atoms. The molecule has 1 aromatic heterocycles. The predicted molar refractivity (Wildman–Crippen MR) is 129 cm³/mol. The standard InChI is InChI=1S/C27H20FNO4S/c28-23-12-9-19(10-13-23)16-29(17-22-18-33-26-8-4-3-7-25(26)27(22)30)34(31,32)24-14-11-20-5-1-2-6-21(20)15-24/h1-15,18H,16-17H2. The minimum absolute atomic E-state index is 0.0400. The topological polar surface area (TPSA) is 67.6 Å². The average Bonchev–Trinajstić information content (AvgIpc) is 2.86. The van der Waals surface area contributed by atoms with Gasteiger partial charge in [0.05, 0.1) is 22.1 Å². The van der Waals surface area contributed by atoms with Crippen LogP contribution >= 0.6 is 0 Å². The number of para-hydroxylation sites is 1. The number of halogens is 1. The van der Waals surface area contributed by atoms with Crippen molar-refractivity contribution in [2.45, 2.75) is 18.0 Å². The van der Waals surface area contributed by atoms with E-state index in [0.29, 0.717) is 16.5 Å². The van der Waals surface area contributed by atoms with E-state index in [1.54, 1.807) is 42.5 Å². The van der Waals surface area contributed by atoms with Crippen LogP contribution < -0.4 is 5.43 Å². The molecule has 5 aromatic rings. The molecule has 34 heavy (non-hydrogen) atoms. The van der Waals surface area contributed by atoms with Crippen LogP contribution in [-0.4, -0.2) is 12.7 Å². The van der Waals surface area contributed by atoms with Gasteiger partial charge in [-0.3, -0.25) is 4.79 Å². The number of benzene rings is 4. The fourth-order valence-electron chi connectivity index (χ4n) is 3.91. The van der Waals surface area contributed by atoms with E-state index in [-0.39, 0.29) is 29.0 Å². The van der Waals surface area contributed by atoms with Gasteiger partial charge in [0, 0.05) is 13.1 Å². The maximum Gasteiger partial charge on any atom is 0.243 e. The zero-order valence-corrected chi connectivity index (χ0v) is 18.8. The number of fused-ring (bicyclic) bond motifs is 2. The van der Waals surface area contributed by atoms with Crippen molar-refractivity contribution in [2.24, 2.45) is 0 Å². The molecule has 0 atom stereocenters. The molecule has 0 saturated heterocycles. The highest BCUT2D eigenvalue weighted by atomic mass is 32.2. The minimum Gasteiger partial charge on any atom is -0.464 e. The van der Waals surface area contributed by atoms with Gasteiger partial charge < -0.3 is 4.42 Å². The third-order valence-corrected chi connectivity index (χ3v) is 7.52. The zero-order chi connectivity index (χ0) is 23.7. The summed E-state index contributed by atoms with van der Waals surface area (Å²) in [4.78, 5) is 13.2. The van der Waals surface area contributed by atoms with Gasteiger partial charge in [-0.15, -0.1) is 0 Å². The smallest absolute Gasteiger partial charge is 0.243 e. The van der Waals surface area contributed by atoms with Crippen LogP contribution in [0.4, 0.5) is 4.39 Å². The van der Waals surface area contributed by atoms with E-state index in [2.05, 4.69) is 0 Å². The van der Waals surface area contributed by atoms with Crippen LogP contribution in [-0.2, 0) is 23.1 Å². The molecule has 0 aliphatic rings. The molecule has 1 heterocycles. The van der Waals surface area contributed by atoms with Gasteiger partial charge in [0.25, 0.3) is 0 Å². The van der Waals surface area contributed by atoms with E-state index in [4.69, 9.17) is 4.42 Å². The summed E-state index contributed by atoms with van der Waals surface area (Å²) in [5, 5.41) is 2.09. The van der Waals surface area contributed by atoms with Crippen LogP contribution in [0.25, 0.3) is 21.7 Å². The van der Waals surface area contributed by atoms with Crippen molar-refractivity contribution in [2.75, 3.05) is 0 Å². The van der Waals surface area contributed by atoms with Gasteiger partial charge in [-0.25, -0.2) is 12.8 Å². The van der Waals surface area contributed by atoms with Crippen molar-refractivity contribution in [3.63, 3.8) is 0 Å². The lowest BCUT2D eigenvalue weighted by atomic mass is 10.1. The molecule has 170 valence electrons. The van der Waals surface area contributed by atoms with Crippen molar-refractivity contribution in [3.05, 3.63) is 124 Å². The largest absolute Gasteiger partial charge is 0.464 e. The lowest BCUT2D eigenvalue weighted by Gasteiger charge is -2.22. The molecule has 0 radical (unpaired) electrons. The van der Waals surface area contributed by atoms with E-state index < -0.39 is 15.8 Å². The van der Waals surface area contributed by atoms with Gasteiger partial charge in [0.15, 0.2) is 5.43 Å². The van der Waals surface area contributed by atoms with E-state index in [0.717, 1.165) is 10.8 Å². The quantitative estimate of drug-likeness (QED) is 0.328. The molecule has 0 aliphatic heterocycles. The Morgan fingerprint density at radius 2 is 1.50 bits per heavy atom. The van der Waals surface area contributed by atoms with Gasteiger partial charge in [0.1, 0.15) is 11.4 Å². The highest BCUT2D eigenvalue weighted by Gasteiger charge is 2.27. The van der Waals surface area contributed by atoms with Crippen molar-refractivity contribution in [3.8, 4) is 0 Å². The molecule has 0 N–H and O–H groups in total. The third kappa shape index (κ3) is 4.23. The van der Waals surface area contributed by atoms with Crippen molar-refractivity contribution in [1.29, 1.82) is 0 Å². The highest BCUT2D eigenvalue weighted by molar-refractivity contribution is 7.89. The summed E-state index contributed by atoms with van der Waals surface area (Å²) in [7, 11) is -4.01. The van der Waals surface area contributed by atoms with E-state index in [1.807, 2.05) is 24.3 Å². The average molecular weight is 474 g/mol. The maximum absolute atomic E-state index is 13.7. The monoisotopic (exact) mass is 473 g/mol. The molecule has 7 heteroatoms. The van der Waals surface area contributed by atoms with Crippen molar-refractivity contribution >= 4 is 31.8 Å². The fraction of sp³-hybridized carbons (Fsp3) is 0.0741. The predicted octanol–water partition coefficient (Wildman–Crippen LogP) is 5.48. The summed E-state index contributed by atoms with van der Waals surface area (Å²) in [6.07, 6.45) is 1.30. The molecule has 4 aromatic carbocycles. The first kappa shape index (κ1) is 22.0. The number of nitrogens with zero attached hydrogens (tertiary/aromatic N) is 1. The second-order valence-corrected chi connectivity index (χ2v) is 9.93. The van der Waals surface area contributed by atoms with Crippen LogP contribution in [0.1, 0.15) is 11.1 Å². The summed E-state index contributed by atoms with van der Waals surface area (Å²) in [6.45, 7) is -0.235. The van der Waals surface area contributed by atoms with Gasteiger partial charge in [0.2, 0.25) is 10.0 Å². The van der Waals surface area contributed by atoms with Crippen LogP contribution in [0.15, 0.2) is 111 Å². The number of sulfonamides is 1. The summed E-state index contributed by atoms with van der Waals surface area (Å²) in [6, 6.07) is 24.8. The first-order chi connectivity index (χ1) is 16.4. The molecule has 0 saturated carbocycles. The molecule has 0 unspecified atom stereocenters. The Morgan fingerprint density at radius 1 is 0.794 bits per heavy atom. The zero-order valence-electron chi connectivity index (χ0n) is 18.0. The lowest BCUT2D eigenvalue weighted by molar-refractivity contribution is 0.396. The Labute approximate surface area is 195 Å². The Kier molecular flexibility index (Phi) is 5.73. The van der Waals surface area contributed by atoms with Gasteiger partial charge in [-0.1, -0.05) is 54.6 Å². The van der Waals surface area contributed by atoms with Crippen molar-refractivity contribution < 1.29 is 17.2 Å². The van der Waals surface area contributed by atoms with E-state index >= 15 is 0 Å². The molecule has 5 rings (SSSR count). The second kappa shape index (κ2) is 8.85. The second-order valence-electron chi connectivity index (χ2n) is 7.99. The Hall–Kier alpha value is -3.81. The molecule has 5 nitrogen and oxygen atoms in total.